The molecule has 0 bridgehead atoms. The van der Waals surface area contributed by atoms with Crippen LogP contribution in [0.2, 0.25) is 0 Å². The van der Waals surface area contributed by atoms with E-state index in [0.29, 0.717) is 6.61 Å². The highest BCUT2D eigenvalue weighted by molar-refractivity contribution is 5.75. The van der Waals surface area contributed by atoms with Crippen LogP contribution >= 0.6 is 0 Å². The van der Waals surface area contributed by atoms with Crippen molar-refractivity contribution in [1.29, 1.82) is 0 Å². The molecule has 2 aliphatic rings. The third kappa shape index (κ3) is 4.68. The maximum Gasteiger partial charge on any atom is 0.323 e. The summed E-state index contributed by atoms with van der Waals surface area (Å²) in [5.41, 5.74) is 0. The molecule has 4 nitrogen and oxygen atoms in total. The molecule has 0 amide bonds. The van der Waals surface area contributed by atoms with Crippen molar-refractivity contribution >= 4 is 5.97 Å². The van der Waals surface area contributed by atoms with E-state index in [1.54, 1.807) is 0 Å². The molecular formula is C17H32N2O2. The molecule has 1 aliphatic heterocycles. The average Bonchev–Trinajstić information content (AvgIpc) is 2.51. The van der Waals surface area contributed by atoms with E-state index in [-0.39, 0.29) is 12.0 Å². The minimum absolute atomic E-state index is 0.0865. The molecule has 0 aromatic heterocycles. The van der Waals surface area contributed by atoms with Gasteiger partial charge in [-0.1, -0.05) is 19.8 Å². The van der Waals surface area contributed by atoms with Gasteiger partial charge in [-0.2, -0.15) is 0 Å². The van der Waals surface area contributed by atoms with Crippen LogP contribution in [0.5, 0.6) is 0 Å². The van der Waals surface area contributed by atoms with Gasteiger partial charge in [0.05, 0.1) is 6.61 Å². The monoisotopic (exact) mass is 296 g/mol. The van der Waals surface area contributed by atoms with Gasteiger partial charge < -0.3 is 15.0 Å². The summed E-state index contributed by atoms with van der Waals surface area (Å²) < 4.78 is 5.18. The van der Waals surface area contributed by atoms with Crippen molar-refractivity contribution in [2.75, 3.05) is 26.2 Å². The summed E-state index contributed by atoms with van der Waals surface area (Å²) in [5, 5.41) is 3.28. The quantitative estimate of drug-likeness (QED) is 0.733. The number of nitrogens with one attached hydrogen (secondary N) is 1. The number of fused-ring (bicyclic) bond motifs is 1. The second-order valence-electron chi connectivity index (χ2n) is 6.44. The van der Waals surface area contributed by atoms with Crippen molar-refractivity contribution in [1.82, 2.24) is 10.2 Å². The largest absolute Gasteiger partial charge is 0.465 e. The van der Waals surface area contributed by atoms with Crippen molar-refractivity contribution in [3.05, 3.63) is 0 Å². The van der Waals surface area contributed by atoms with Crippen LogP contribution in [0.4, 0.5) is 0 Å². The minimum Gasteiger partial charge on any atom is -0.465 e. The molecule has 0 aromatic rings. The van der Waals surface area contributed by atoms with Crippen molar-refractivity contribution in [3.63, 3.8) is 0 Å². The molecular weight excluding hydrogens is 264 g/mol. The van der Waals surface area contributed by atoms with Gasteiger partial charge in [-0.3, -0.25) is 4.79 Å². The first-order valence-corrected chi connectivity index (χ1v) is 8.90. The maximum atomic E-state index is 12.0. The summed E-state index contributed by atoms with van der Waals surface area (Å²) in [6, 6.07) is 0.635. The molecule has 2 fully saturated rings. The molecule has 1 saturated heterocycles. The van der Waals surface area contributed by atoms with Crippen LogP contribution in [-0.2, 0) is 9.53 Å². The van der Waals surface area contributed by atoms with E-state index in [2.05, 4.69) is 10.2 Å². The molecule has 3 unspecified atom stereocenters. The van der Waals surface area contributed by atoms with Crippen LogP contribution in [0.15, 0.2) is 0 Å². The predicted molar refractivity (Wildman–Crippen MR) is 85.3 cm³/mol. The Hall–Kier alpha value is -0.610. The van der Waals surface area contributed by atoms with Gasteiger partial charge in [-0.25, -0.2) is 0 Å². The van der Waals surface area contributed by atoms with Crippen LogP contribution in [-0.4, -0.2) is 49.2 Å². The summed E-state index contributed by atoms with van der Waals surface area (Å²) in [4.78, 5) is 14.6. The predicted octanol–water partition coefficient (Wildman–Crippen LogP) is 2.57. The normalized spacial score (nSPS) is 27.9. The fourth-order valence-corrected chi connectivity index (χ4v) is 4.09. The molecule has 1 saturated carbocycles. The molecule has 1 heterocycles. The Morgan fingerprint density at radius 1 is 1.24 bits per heavy atom. The van der Waals surface area contributed by atoms with E-state index in [1.165, 1.54) is 45.1 Å². The first-order valence-electron chi connectivity index (χ1n) is 8.90. The number of nitrogens with zero attached hydrogens (tertiary/aromatic N) is 1. The molecule has 1 N–H and O–H groups in total. The zero-order valence-corrected chi connectivity index (χ0v) is 13.8. The summed E-state index contributed by atoms with van der Waals surface area (Å²) >= 11 is 0. The number of rotatable bonds is 7. The molecule has 3 atom stereocenters. The summed E-state index contributed by atoms with van der Waals surface area (Å²) in [6.07, 6.45) is 9.17. The average molecular weight is 296 g/mol. The zero-order valence-electron chi connectivity index (χ0n) is 13.8. The van der Waals surface area contributed by atoms with Gasteiger partial charge in [-0.05, 0) is 58.0 Å². The summed E-state index contributed by atoms with van der Waals surface area (Å²) in [7, 11) is 0. The summed E-state index contributed by atoms with van der Waals surface area (Å²) in [5.74, 6) is 0.823. The van der Waals surface area contributed by atoms with Crippen LogP contribution in [0.3, 0.4) is 0 Å². The van der Waals surface area contributed by atoms with Crippen molar-refractivity contribution in [3.8, 4) is 0 Å². The molecule has 1 aliphatic carbocycles. The Labute approximate surface area is 129 Å². The second-order valence-corrected chi connectivity index (χ2v) is 6.44. The number of likely N-dealkylation sites (tertiary alicyclic amines) is 1. The molecule has 2 rings (SSSR count). The lowest BCUT2D eigenvalue weighted by Crippen LogP contribution is -2.49. The van der Waals surface area contributed by atoms with Crippen LogP contribution in [0.25, 0.3) is 0 Å². The molecule has 21 heavy (non-hydrogen) atoms. The highest BCUT2D eigenvalue weighted by atomic mass is 16.5. The highest BCUT2D eigenvalue weighted by Gasteiger charge is 2.33. The minimum atomic E-state index is -0.140. The number of carbonyl (C=O) groups is 1. The number of ether oxygens (including phenoxy) is 1. The molecule has 0 radical (unpaired) electrons. The fraction of sp³-hybridized carbons (Fsp3) is 0.941. The van der Waals surface area contributed by atoms with Gasteiger partial charge >= 0.3 is 5.97 Å². The van der Waals surface area contributed by atoms with Crippen LogP contribution in [0.1, 0.15) is 58.8 Å². The van der Waals surface area contributed by atoms with Crippen LogP contribution in [0, 0.1) is 5.92 Å². The maximum absolute atomic E-state index is 12.0. The third-order valence-electron chi connectivity index (χ3n) is 5.08. The van der Waals surface area contributed by atoms with Gasteiger partial charge in [0.1, 0.15) is 6.04 Å². The van der Waals surface area contributed by atoms with Crippen molar-refractivity contribution in [2.24, 2.45) is 5.92 Å². The molecule has 122 valence electrons. The SMILES string of the molecule is CCNC(CCN1CCCC2CCCCC21)C(=O)OCC. The number of carbonyl (C=O) groups excluding carboxylic acids is 1. The Morgan fingerprint density at radius 2 is 2.00 bits per heavy atom. The van der Waals surface area contributed by atoms with Gasteiger partial charge in [0.15, 0.2) is 0 Å². The standard InChI is InChI=1S/C17H32N2O2/c1-3-18-15(17(20)21-4-2)11-13-19-12-7-9-14-8-5-6-10-16(14)19/h14-16,18H,3-13H2,1-2H3. The molecule has 0 spiro atoms. The van der Waals surface area contributed by atoms with E-state index in [4.69, 9.17) is 4.74 Å². The Kier molecular flexibility index (Phi) is 6.97. The molecule has 4 heteroatoms. The molecule has 0 aromatic carbocycles. The summed E-state index contributed by atoms with van der Waals surface area (Å²) in [6.45, 7) is 7.44. The van der Waals surface area contributed by atoms with Gasteiger partial charge in [0, 0.05) is 12.6 Å². The Bertz CT molecular complexity index is 320. The number of piperidine rings is 1. The van der Waals surface area contributed by atoms with E-state index in [1.807, 2.05) is 13.8 Å². The number of likely N-dealkylation sites (N-methyl/N-ethyl adjacent to an activating group) is 1. The topological polar surface area (TPSA) is 41.6 Å². The van der Waals surface area contributed by atoms with Crippen LogP contribution < -0.4 is 5.32 Å². The van der Waals surface area contributed by atoms with Gasteiger partial charge in [0.25, 0.3) is 0 Å². The lowest BCUT2D eigenvalue weighted by atomic mass is 9.78. The number of hydrogen-bond donors (Lipinski definition) is 1. The second kappa shape index (κ2) is 8.74. The highest BCUT2D eigenvalue weighted by Crippen LogP contribution is 2.35. The first kappa shape index (κ1) is 16.8. The first-order chi connectivity index (χ1) is 10.3. The van der Waals surface area contributed by atoms with Crippen molar-refractivity contribution < 1.29 is 9.53 Å². The number of hydrogen-bond acceptors (Lipinski definition) is 4. The smallest absolute Gasteiger partial charge is 0.323 e. The Morgan fingerprint density at radius 3 is 2.76 bits per heavy atom. The lowest BCUT2D eigenvalue weighted by Gasteiger charge is -2.44. The van der Waals surface area contributed by atoms with Gasteiger partial charge in [-0.15, -0.1) is 0 Å². The van der Waals surface area contributed by atoms with Crippen molar-refractivity contribution in [2.45, 2.75) is 70.9 Å². The fourth-order valence-electron chi connectivity index (χ4n) is 4.09. The van der Waals surface area contributed by atoms with E-state index >= 15 is 0 Å². The number of esters is 1. The zero-order chi connectivity index (χ0) is 15.1. The van der Waals surface area contributed by atoms with E-state index < -0.39 is 0 Å². The Balaban J connectivity index is 1.85. The lowest BCUT2D eigenvalue weighted by molar-refractivity contribution is -0.146. The van der Waals surface area contributed by atoms with E-state index in [0.717, 1.165) is 31.5 Å². The van der Waals surface area contributed by atoms with E-state index in [9.17, 15) is 4.79 Å². The third-order valence-corrected chi connectivity index (χ3v) is 5.08. The van der Waals surface area contributed by atoms with Gasteiger partial charge in [0.2, 0.25) is 0 Å².